The van der Waals surface area contributed by atoms with Crippen LogP contribution in [0.15, 0.2) is 24.3 Å². The second-order valence-corrected chi connectivity index (χ2v) is 6.03. The summed E-state index contributed by atoms with van der Waals surface area (Å²) in [6.45, 7) is 6.49. The highest BCUT2D eigenvalue weighted by atomic mass is 16.3. The van der Waals surface area contributed by atoms with E-state index in [1.807, 2.05) is 18.2 Å². The van der Waals surface area contributed by atoms with E-state index in [-0.39, 0.29) is 13.2 Å². The molecule has 1 aromatic carbocycles. The van der Waals surface area contributed by atoms with Gasteiger partial charge in [0.2, 0.25) is 0 Å². The third-order valence-corrected chi connectivity index (χ3v) is 4.54. The topological polar surface area (TPSA) is 40.5 Å². The fourth-order valence-electron chi connectivity index (χ4n) is 3.12. The molecule has 0 radical (unpaired) electrons. The third kappa shape index (κ3) is 4.07. The van der Waals surface area contributed by atoms with Gasteiger partial charge in [0.25, 0.3) is 0 Å². The summed E-state index contributed by atoms with van der Waals surface area (Å²) in [5, 5.41) is 19.9. The molecule has 0 saturated heterocycles. The van der Waals surface area contributed by atoms with Crippen LogP contribution in [0, 0.1) is 12.8 Å². The largest absolute Gasteiger partial charge is 0.395 e. The minimum absolute atomic E-state index is 0.0109. The van der Waals surface area contributed by atoms with E-state index >= 15 is 0 Å². The molecule has 0 aliphatic carbocycles. The maximum atomic E-state index is 9.96. The summed E-state index contributed by atoms with van der Waals surface area (Å²) in [5.41, 5.74) is 1.75. The Bertz CT molecular complexity index is 383. The maximum Gasteiger partial charge on any atom is 0.0550 e. The van der Waals surface area contributed by atoms with Crippen LogP contribution in [-0.4, -0.2) is 23.4 Å². The highest BCUT2D eigenvalue weighted by Crippen LogP contribution is 2.35. The van der Waals surface area contributed by atoms with Gasteiger partial charge in [0, 0.05) is 5.41 Å². The number of hydrogen-bond donors (Lipinski definition) is 2. The van der Waals surface area contributed by atoms with Gasteiger partial charge in [0.15, 0.2) is 0 Å². The van der Waals surface area contributed by atoms with Gasteiger partial charge in [-0.2, -0.15) is 0 Å². The number of rotatable bonds is 9. The lowest BCUT2D eigenvalue weighted by Gasteiger charge is -2.35. The minimum Gasteiger partial charge on any atom is -0.395 e. The number of benzene rings is 1. The van der Waals surface area contributed by atoms with Crippen LogP contribution in [0.25, 0.3) is 0 Å². The molecule has 0 aliphatic rings. The van der Waals surface area contributed by atoms with Crippen molar-refractivity contribution < 1.29 is 10.2 Å². The first-order chi connectivity index (χ1) is 9.63. The zero-order chi connectivity index (χ0) is 15.0. The van der Waals surface area contributed by atoms with E-state index in [0.717, 1.165) is 24.0 Å². The van der Waals surface area contributed by atoms with Crippen molar-refractivity contribution in [3.8, 4) is 0 Å². The third-order valence-electron chi connectivity index (χ3n) is 4.54. The molecule has 0 spiro atoms. The van der Waals surface area contributed by atoms with Crippen molar-refractivity contribution in [3.63, 3.8) is 0 Å². The van der Waals surface area contributed by atoms with Crippen LogP contribution in [-0.2, 0) is 5.41 Å². The molecule has 0 aromatic heterocycles. The van der Waals surface area contributed by atoms with E-state index in [2.05, 4.69) is 26.8 Å². The first-order valence-electron chi connectivity index (χ1n) is 7.91. The van der Waals surface area contributed by atoms with Crippen LogP contribution in [0.4, 0.5) is 0 Å². The van der Waals surface area contributed by atoms with Crippen molar-refractivity contribution in [1.29, 1.82) is 0 Å². The van der Waals surface area contributed by atoms with E-state index in [1.54, 1.807) is 0 Å². The summed E-state index contributed by atoms with van der Waals surface area (Å²) in [4.78, 5) is 0. The highest BCUT2D eigenvalue weighted by Gasteiger charge is 2.34. The van der Waals surface area contributed by atoms with Crippen molar-refractivity contribution in [2.75, 3.05) is 13.2 Å². The maximum absolute atomic E-state index is 9.96. The Hall–Kier alpha value is -0.860. The van der Waals surface area contributed by atoms with Crippen LogP contribution in [0.2, 0.25) is 0 Å². The Balaban J connectivity index is 2.99. The second-order valence-electron chi connectivity index (χ2n) is 6.03. The fraction of sp³-hybridized carbons (Fsp3) is 0.667. The van der Waals surface area contributed by atoms with Gasteiger partial charge in [0.05, 0.1) is 13.2 Å². The summed E-state index contributed by atoms with van der Waals surface area (Å²) in [6, 6.07) is 8.11. The number of aliphatic hydroxyl groups excluding tert-OH is 2. The summed E-state index contributed by atoms with van der Waals surface area (Å²) in [5.74, 6) is 0.564. The predicted molar refractivity (Wildman–Crippen MR) is 85.0 cm³/mol. The van der Waals surface area contributed by atoms with Gasteiger partial charge < -0.3 is 10.2 Å². The lowest BCUT2D eigenvalue weighted by molar-refractivity contribution is 0.0918. The zero-order valence-electron chi connectivity index (χ0n) is 13.2. The first-order valence-corrected chi connectivity index (χ1v) is 7.91. The predicted octanol–water partition coefficient (Wildman–Crippen LogP) is 3.82. The van der Waals surface area contributed by atoms with E-state index in [0.29, 0.717) is 5.92 Å². The Labute approximate surface area is 123 Å². The Morgan fingerprint density at radius 1 is 1.10 bits per heavy atom. The summed E-state index contributed by atoms with van der Waals surface area (Å²) in [6.07, 6.45) is 5.57. The summed E-state index contributed by atoms with van der Waals surface area (Å²) in [7, 11) is 0. The van der Waals surface area contributed by atoms with Gasteiger partial charge in [-0.25, -0.2) is 0 Å². The average molecular weight is 278 g/mol. The summed E-state index contributed by atoms with van der Waals surface area (Å²) < 4.78 is 0. The minimum atomic E-state index is -0.500. The number of aryl methyl sites for hydroxylation is 1. The van der Waals surface area contributed by atoms with Gasteiger partial charge in [-0.05, 0) is 30.4 Å². The van der Waals surface area contributed by atoms with Gasteiger partial charge >= 0.3 is 0 Å². The molecule has 1 rings (SSSR count). The molecule has 0 saturated carbocycles. The average Bonchev–Trinajstić information content (AvgIpc) is 2.49. The van der Waals surface area contributed by atoms with E-state index < -0.39 is 5.41 Å². The molecule has 2 heteroatoms. The second kappa shape index (κ2) is 8.43. The standard InChI is InChI=1S/C18H30O2/c1-4-6-10-16(5-2)12-18(13-19,14-20)17-11-8-7-9-15(17)3/h7-9,11,16,19-20H,4-6,10,12-14H2,1-3H3. The van der Waals surface area contributed by atoms with E-state index in [9.17, 15) is 10.2 Å². The van der Waals surface area contributed by atoms with Crippen molar-refractivity contribution in [3.05, 3.63) is 35.4 Å². The number of aliphatic hydroxyl groups is 2. The lowest BCUT2D eigenvalue weighted by atomic mass is 9.72. The molecular formula is C18H30O2. The molecule has 114 valence electrons. The SMILES string of the molecule is CCCCC(CC)CC(CO)(CO)c1ccccc1C. The van der Waals surface area contributed by atoms with Crippen LogP contribution in [0.5, 0.6) is 0 Å². The van der Waals surface area contributed by atoms with E-state index in [1.165, 1.54) is 19.3 Å². The number of hydrogen-bond acceptors (Lipinski definition) is 2. The van der Waals surface area contributed by atoms with Crippen LogP contribution in [0.1, 0.15) is 57.1 Å². The number of unbranched alkanes of at least 4 members (excludes halogenated alkanes) is 1. The fourth-order valence-corrected chi connectivity index (χ4v) is 3.12. The smallest absolute Gasteiger partial charge is 0.0550 e. The van der Waals surface area contributed by atoms with Crippen molar-refractivity contribution in [2.24, 2.45) is 5.92 Å². The monoisotopic (exact) mass is 278 g/mol. The zero-order valence-corrected chi connectivity index (χ0v) is 13.2. The molecular weight excluding hydrogens is 248 g/mol. The van der Waals surface area contributed by atoms with Crippen molar-refractivity contribution >= 4 is 0 Å². The van der Waals surface area contributed by atoms with Crippen molar-refractivity contribution in [2.45, 2.75) is 58.3 Å². The highest BCUT2D eigenvalue weighted by molar-refractivity contribution is 5.34. The van der Waals surface area contributed by atoms with Gasteiger partial charge in [-0.3, -0.25) is 0 Å². The quantitative estimate of drug-likeness (QED) is 0.721. The molecule has 2 nitrogen and oxygen atoms in total. The molecule has 0 aliphatic heterocycles. The first kappa shape index (κ1) is 17.2. The van der Waals surface area contributed by atoms with E-state index in [4.69, 9.17) is 0 Å². The normalized spacial score (nSPS) is 13.4. The van der Waals surface area contributed by atoms with Crippen LogP contribution >= 0.6 is 0 Å². The molecule has 20 heavy (non-hydrogen) atoms. The van der Waals surface area contributed by atoms with Crippen LogP contribution in [0.3, 0.4) is 0 Å². The lowest BCUT2D eigenvalue weighted by Crippen LogP contribution is -2.37. The molecule has 2 N–H and O–H groups in total. The molecule has 1 aromatic rings. The molecule has 0 bridgehead atoms. The van der Waals surface area contributed by atoms with Gasteiger partial charge in [-0.1, -0.05) is 63.8 Å². The molecule has 0 amide bonds. The Morgan fingerprint density at radius 2 is 1.75 bits per heavy atom. The Morgan fingerprint density at radius 3 is 2.25 bits per heavy atom. The molecule has 0 heterocycles. The summed E-state index contributed by atoms with van der Waals surface area (Å²) >= 11 is 0. The molecule has 1 atom stereocenters. The van der Waals surface area contributed by atoms with Crippen molar-refractivity contribution in [1.82, 2.24) is 0 Å². The van der Waals surface area contributed by atoms with Gasteiger partial charge in [0.1, 0.15) is 0 Å². The van der Waals surface area contributed by atoms with Crippen LogP contribution < -0.4 is 0 Å². The molecule has 1 unspecified atom stereocenters. The van der Waals surface area contributed by atoms with Gasteiger partial charge in [-0.15, -0.1) is 0 Å². The molecule has 0 fully saturated rings. The Kier molecular flexibility index (Phi) is 7.25.